The Morgan fingerprint density at radius 2 is 2.20 bits per heavy atom. The number of rotatable bonds is 5. The van der Waals surface area contributed by atoms with Crippen LogP contribution in [0.25, 0.3) is 0 Å². The topological polar surface area (TPSA) is 53.6 Å². The second-order valence-electron chi connectivity index (χ2n) is 8.10. The molecule has 2 aliphatic heterocycles. The zero-order chi connectivity index (χ0) is 17.1. The van der Waals surface area contributed by atoms with Crippen molar-refractivity contribution in [3.8, 4) is 0 Å². The van der Waals surface area contributed by atoms with Gasteiger partial charge in [-0.15, -0.1) is 0 Å². The summed E-state index contributed by atoms with van der Waals surface area (Å²) < 4.78 is 11.3. The van der Waals surface area contributed by atoms with E-state index in [9.17, 15) is 0 Å². The number of H-pyrrole nitrogens is 1. The van der Waals surface area contributed by atoms with E-state index in [1.807, 2.05) is 19.5 Å². The predicted molar refractivity (Wildman–Crippen MR) is 96.3 cm³/mol. The van der Waals surface area contributed by atoms with Crippen molar-refractivity contribution < 1.29 is 9.47 Å². The molecular formula is C19H32N4O2. The minimum Gasteiger partial charge on any atom is -0.384 e. The van der Waals surface area contributed by atoms with Gasteiger partial charge in [0, 0.05) is 50.6 Å². The number of nitrogens with one attached hydrogen (secondary N) is 1. The van der Waals surface area contributed by atoms with E-state index in [4.69, 9.17) is 9.47 Å². The van der Waals surface area contributed by atoms with Crippen molar-refractivity contribution in [2.45, 2.75) is 38.3 Å². The third-order valence-corrected chi connectivity index (χ3v) is 6.65. The number of likely N-dealkylation sites (tertiary alicyclic amines) is 1. The maximum atomic E-state index is 5.72. The number of imidazole rings is 1. The highest BCUT2D eigenvalue weighted by molar-refractivity contribution is 5.01. The van der Waals surface area contributed by atoms with Crippen LogP contribution in [0, 0.1) is 11.3 Å². The summed E-state index contributed by atoms with van der Waals surface area (Å²) in [5.74, 6) is 1.86. The van der Waals surface area contributed by atoms with Gasteiger partial charge in [-0.25, -0.2) is 4.98 Å². The Bertz CT molecular complexity index is 532. The quantitative estimate of drug-likeness (QED) is 0.879. The SMILES string of the molecule is COC[C@@]12CCC(N3CCOCC3)CC1CCN(Cc1ncc[nH]1)C2. The standard InChI is InChI=1S/C19H32N4O2/c1-24-15-19-4-2-17(23-8-10-25-11-9-23)12-16(19)3-7-22(14-19)13-18-20-5-6-21-18/h5-6,16-17H,2-4,7-15H2,1H3,(H,20,21)/t16?,17?,19-/m0/s1. The number of piperidine rings is 1. The summed E-state index contributed by atoms with van der Waals surface area (Å²) in [6, 6.07) is 0.746. The van der Waals surface area contributed by atoms with E-state index in [2.05, 4.69) is 19.8 Å². The van der Waals surface area contributed by atoms with Gasteiger partial charge in [0.15, 0.2) is 0 Å². The first-order chi connectivity index (χ1) is 12.3. The molecule has 140 valence electrons. The van der Waals surface area contributed by atoms with E-state index in [1.54, 1.807) is 0 Å². The van der Waals surface area contributed by atoms with Crippen LogP contribution < -0.4 is 0 Å². The van der Waals surface area contributed by atoms with E-state index in [1.165, 1.54) is 32.2 Å². The Morgan fingerprint density at radius 3 is 2.96 bits per heavy atom. The molecule has 0 aromatic carbocycles. The number of morpholine rings is 1. The van der Waals surface area contributed by atoms with Gasteiger partial charge in [0.25, 0.3) is 0 Å². The van der Waals surface area contributed by atoms with Crippen LogP contribution in [0.2, 0.25) is 0 Å². The molecule has 1 saturated carbocycles. The predicted octanol–water partition coefficient (Wildman–Crippen LogP) is 1.75. The Kier molecular flexibility index (Phi) is 5.41. The molecule has 2 saturated heterocycles. The van der Waals surface area contributed by atoms with Gasteiger partial charge in [-0.1, -0.05) is 0 Å². The van der Waals surface area contributed by atoms with Gasteiger partial charge in [-0.3, -0.25) is 9.80 Å². The van der Waals surface area contributed by atoms with Crippen molar-refractivity contribution in [2.75, 3.05) is 53.1 Å². The molecule has 3 aliphatic rings. The summed E-state index contributed by atoms with van der Waals surface area (Å²) in [5.41, 5.74) is 0.322. The fourth-order valence-electron chi connectivity index (χ4n) is 5.38. The van der Waals surface area contributed by atoms with Crippen LogP contribution in [-0.2, 0) is 16.0 Å². The highest BCUT2D eigenvalue weighted by atomic mass is 16.5. The molecule has 1 aromatic heterocycles. The number of nitrogens with zero attached hydrogens (tertiary/aromatic N) is 3. The van der Waals surface area contributed by atoms with Crippen LogP contribution in [0.15, 0.2) is 12.4 Å². The molecule has 25 heavy (non-hydrogen) atoms. The molecule has 1 aliphatic carbocycles. The zero-order valence-electron chi connectivity index (χ0n) is 15.5. The molecule has 0 amide bonds. The number of aromatic nitrogens is 2. The number of methoxy groups -OCH3 is 1. The molecule has 3 fully saturated rings. The van der Waals surface area contributed by atoms with Crippen molar-refractivity contribution in [2.24, 2.45) is 11.3 Å². The van der Waals surface area contributed by atoms with Crippen molar-refractivity contribution in [3.05, 3.63) is 18.2 Å². The van der Waals surface area contributed by atoms with Gasteiger partial charge in [0.05, 0.1) is 26.4 Å². The van der Waals surface area contributed by atoms with Crippen molar-refractivity contribution >= 4 is 0 Å². The average molecular weight is 348 g/mol. The molecule has 3 heterocycles. The summed E-state index contributed by atoms with van der Waals surface area (Å²) in [6.07, 6.45) is 8.96. The number of hydrogen-bond donors (Lipinski definition) is 1. The molecule has 6 heteroatoms. The first-order valence-corrected chi connectivity index (χ1v) is 9.80. The third-order valence-electron chi connectivity index (χ3n) is 6.65. The smallest absolute Gasteiger partial charge is 0.120 e. The molecule has 0 bridgehead atoms. The van der Waals surface area contributed by atoms with Crippen LogP contribution >= 0.6 is 0 Å². The van der Waals surface area contributed by atoms with Crippen LogP contribution in [0.5, 0.6) is 0 Å². The second kappa shape index (κ2) is 7.74. The summed E-state index contributed by atoms with van der Waals surface area (Å²) in [5, 5.41) is 0. The fraction of sp³-hybridized carbons (Fsp3) is 0.842. The maximum absolute atomic E-state index is 5.72. The van der Waals surface area contributed by atoms with Gasteiger partial charge in [-0.2, -0.15) is 0 Å². The molecule has 0 radical (unpaired) electrons. The van der Waals surface area contributed by atoms with Gasteiger partial charge in [-0.05, 0) is 38.1 Å². The lowest BCUT2D eigenvalue weighted by atomic mass is 9.62. The van der Waals surface area contributed by atoms with E-state index in [0.29, 0.717) is 5.41 Å². The van der Waals surface area contributed by atoms with Crippen LogP contribution in [0.1, 0.15) is 31.5 Å². The van der Waals surface area contributed by atoms with Crippen LogP contribution in [0.3, 0.4) is 0 Å². The van der Waals surface area contributed by atoms with Crippen LogP contribution in [-0.4, -0.2) is 78.9 Å². The Labute approximate surface area is 150 Å². The van der Waals surface area contributed by atoms with Gasteiger partial charge >= 0.3 is 0 Å². The molecule has 4 rings (SSSR count). The molecule has 2 unspecified atom stereocenters. The number of hydrogen-bond acceptors (Lipinski definition) is 5. The Hall–Kier alpha value is -0.950. The molecule has 6 nitrogen and oxygen atoms in total. The van der Waals surface area contributed by atoms with Crippen molar-refractivity contribution in [1.82, 2.24) is 19.8 Å². The fourth-order valence-corrected chi connectivity index (χ4v) is 5.38. The highest BCUT2D eigenvalue weighted by Crippen LogP contribution is 2.47. The summed E-state index contributed by atoms with van der Waals surface area (Å²) >= 11 is 0. The van der Waals surface area contributed by atoms with Gasteiger partial charge < -0.3 is 14.5 Å². The summed E-state index contributed by atoms with van der Waals surface area (Å²) in [4.78, 5) is 12.9. The van der Waals surface area contributed by atoms with Gasteiger partial charge in [0.2, 0.25) is 0 Å². The Balaban J connectivity index is 1.42. The molecule has 0 spiro atoms. The normalized spacial score (nSPS) is 34.8. The summed E-state index contributed by atoms with van der Waals surface area (Å²) in [6.45, 7) is 8.16. The number of ether oxygens (including phenoxy) is 2. The lowest BCUT2D eigenvalue weighted by Crippen LogP contribution is -2.56. The maximum Gasteiger partial charge on any atom is 0.120 e. The summed E-state index contributed by atoms with van der Waals surface area (Å²) in [7, 11) is 1.87. The molecular weight excluding hydrogens is 316 g/mol. The van der Waals surface area contributed by atoms with E-state index < -0.39 is 0 Å². The Morgan fingerprint density at radius 1 is 1.32 bits per heavy atom. The van der Waals surface area contributed by atoms with Crippen molar-refractivity contribution in [3.63, 3.8) is 0 Å². The lowest BCUT2D eigenvalue weighted by molar-refractivity contribution is -0.0874. The monoisotopic (exact) mass is 348 g/mol. The molecule has 1 aromatic rings. The molecule has 1 N–H and O–H groups in total. The average Bonchev–Trinajstić information content (AvgIpc) is 3.15. The minimum atomic E-state index is 0.322. The lowest BCUT2D eigenvalue weighted by Gasteiger charge is -2.54. The van der Waals surface area contributed by atoms with Gasteiger partial charge in [0.1, 0.15) is 5.82 Å². The largest absolute Gasteiger partial charge is 0.384 e. The van der Waals surface area contributed by atoms with Crippen LogP contribution in [0.4, 0.5) is 0 Å². The minimum absolute atomic E-state index is 0.322. The number of aromatic amines is 1. The van der Waals surface area contributed by atoms with E-state index in [-0.39, 0.29) is 0 Å². The third kappa shape index (κ3) is 3.77. The van der Waals surface area contributed by atoms with E-state index >= 15 is 0 Å². The first kappa shape index (κ1) is 17.5. The first-order valence-electron chi connectivity index (χ1n) is 9.80. The van der Waals surface area contributed by atoms with E-state index in [0.717, 1.165) is 63.8 Å². The zero-order valence-corrected chi connectivity index (χ0v) is 15.5. The second-order valence-corrected chi connectivity index (χ2v) is 8.10. The highest BCUT2D eigenvalue weighted by Gasteiger charge is 2.47. The van der Waals surface area contributed by atoms with Crippen molar-refractivity contribution in [1.29, 1.82) is 0 Å². The number of fused-ring (bicyclic) bond motifs is 1. The molecule has 3 atom stereocenters.